The summed E-state index contributed by atoms with van der Waals surface area (Å²) in [7, 11) is 0. The number of thioether (sulfide) groups is 2. The van der Waals surface area contributed by atoms with E-state index in [1.807, 2.05) is 6.92 Å². The summed E-state index contributed by atoms with van der Waals surface area (Å²) < 4.78 is 0.286. The van der Waals surface area contributed by atoms with Gasteiger partial charge in [-0.15, -0.1) is 23.5 Å². The van der Waals surface area contributed by atoms with Crippen molar-refractivity contribution in [3.8, 4) is 0 Å². The molecule has 0 aliphatic carbocycles. The van der Waals surface area contributed by atoms with Crippen LogP contribution < -0.4 is 5.73 Å². The molecule has 1 amide bonds. The third-order valence-electron chi connectivity index (χ3n) is 4.90. The van der Waals surface area contributed by atoms with Gasteiger partial charge in [0.05, 0.1) is 22.6 Å². The zero-order valence-corrected chi connectivity index (χ0v) is 14.8. The number of β-lactam (4-membered cyclic amide) rings is 1. The first-order chi connectivity index (χ1) is 10.9. The molecule has 23 heavy (non-hydrogen) atoms. The van der Waals surface area contributed by atoms with Crippen molar-refractivity contribution in [3.63, 3.8) is 0 Å². The molecule has 0 bridgehead atoms. The van der Waals surface area contributed by atoms with Crippen molar-refractivity contribution >= 4 is 35.4 Å². The standard InChI is InChI=1S/C15H22N2O4S2/c1-6-11-10(7(2)18)14(19)17(11)12(15(20)21)13(6)23-9-4-3-8(5-16)22-9/h6-11,18H,3-5,16H2,1-2H3,(H,20,21)/t6-,7?,8?,9-,10+,11-/m1/s1. The minimum atomic E-state index is -1.06. The van der Waals surface area contributed by atoms with Crippen LogP contribution in [-0.2, 0) is 9.59 Å². The van der Waals surface area contributed by atoms with Gasteiger partial charge in [-0.1, -0.05) is 6.92 Å². The predicted molar refractivity (Wildman–Crippen MR) is 90.7 cm³/mol. The lowest BCUT2D eigenvalue weighted by Crippen LogP contribution is -2.63. The fourth-order valence-electron chi connectivity index (χ4n) is 3.75. The molecule has 3 aliphatic rings. The van der Waals surface area contributed by atoms with E-state index in [9.17, 15) is 19.8 Å². The first kappa shape index (κ1) is 17.1. The number of nitrogens with two attached hydrogens (primary N) is 1. The molecule has 8 heteroatoms. The largest absolute Gasteiger partial charge is 0.477 e. The Morgan fingerprint density at radius 3 is 2.74 bits per heavy atom. The van der Waals surface area contributed by atoms with Crippen LogP contribution in [0.2, 0.25) is 0 Å². The van der Waals surface area contributed by atoms with Crippen molar-refractivity contribution in [3.05, 3.63) is 10.6 Å². The van der Waals surface area contributed by atoms with Gasteiger partial charge in [0, 0.05) is 22.6 Å². The number of aliphatic carboxylic acids is 1. The van der Waals surface area contributed by atoms with Gasteiger partial charge in [-0.3, -0.25) is 4.79 Å². The molecule has 2 unspecified atom stereocenters. The highest BCUT2D eigenvalue weighted by molar-refractivity contribution is 8.19. The fourth-order valence-corrected chi connectivity index (χ4v) is 7.03. The summed E-state index contributed by atoms with van der Waals surface area (Å²) in [4.78, 5) is 26.1. The molecular formula is C15H22N2O4S2. The summed E-state index contributed by atoms with van der Waals surface area (Å²) in [5, 5.41) is 19.8. The first-order valence-electron chi connectivity index (χ1n) is 7.87. The van der Waals surface area contributed by atoms with E-state index in [1.54, 1.807) is 30.4 Å². The number of aliphatic hydroxyl groups excluding tert-OH is 1. The third-order valence-corrected chi connectivity index (χ3v) is 8.19. The van der Waals surface area contributed by atoms with Crippen molar-refractivity contribution in [2.24, 2.45) is 17.6 Å². The Morgan fingerprint density at radius 1 is 1.52 bits per heavy atom. The van der Waals surface area contributed by atoms with Crippen molar-refractivity contribution in [2.45, 2.75) is 48.7 Å². The Bertz CT molecular complexity index is 566. The van der Waals surface area contributed by atoms with Gasteiger partial charge < -0.3 is 20.8 Å². The van der Waals surface area contributed by atoms with E-state index in [1.165, 1.54) is 4.90 Å². The molecule has 3 rings (SSSR count). The molecule has 6 atom stereocenters. The molecule has 4 N–H and O–H groups in total. The number of carboxylic acid groups (broad SMARTS) is 1. The second kappa shape index (κ2) is 6.31. The van der Waals surface area contributed by atoms with Crippen LogP contribution in [0.1, 0.15) is 26.7 Å². The van der Waals surface area contributed by atoms with E-state index < -0.39 is 18.0 Å². The summed E-state index contributed by atoms with van der Waals surface area (Å²) in [6.45, 7) is 4.19. The van der Waals surface area contributed by atoms with E-state index in [0.717, 1.165) is 17.7 Å². The molecule has 2 saturated heterocycles. The number of nitrogens with zero attached hydrogens (tertiary/aromatic N) is 1. The van der Waals surface area contributed by atoms with Crippen LogP contribution in [0.4, 0.5) is 0 Å². The van der Waals surface area contributed by atoms with Crippen LogP contribution in [-0.4, -0.2) is 55.5 Å². The van der Waals surface area contributed by atoms with Gasteiger partial charge in [-0.25, -0.2) is 4.79 Å². The van der Waals surface area contributed by atoms with Crippen molar-refractivity contribution in [2.75, 3.05) is 6.54 Å². The van der Waals surface area contributed by atoms with Crippen LogP contribution in [0.25, 0.3) is 0 Å². The maximum atomic E-state index is 12.3. The van der Waals surface area contributed by atoms with E-state index in [0.29, 0.717) is 11.8 Å². The highest BCUT2D eigenvalue weighted by Crippen LogP contribution is 2.54. The Labute approximate surface area is 143 Å². The van der Waals surface area contributed by atoms with Crippen molar-refractivity contribution in [1.82, 2.24) is 4.90 Å². The SMILES string of the molecule is CC(O)[C@@H]1C(=O)N2C(C(=O)O)=C(S[C@@H]3CCC(CN)S3)[C@H](C)[C@H]12. The Hall–Kier alpha value is -0.700. The fraction of sp³-hybridized carbons (Fsp3) is 0.733. The van der Waals surface area contributed by atoms with Gasteiger partial charge in [0.2, 0.25) is 5.91 Å². The van der Waals surface area contributed by atoms with Gasteiger partial charge in [-0.05, 0) is 19.8 Å². The second-order valence-electron chi connectivity index (χ2n) is 6.39. The topological polar surface area (TPSA) is 104 Å². The van der Waals surface area contributed by atoms with Gasteiger partial charge in [-0.2, -0.15) is 0 Å². The summed E-state index contributed by atoms with van der Waals surface area (Å²) in [6.07, 6.45) is 1.29. The van der Waals surface area contributed by atoms with Crippen LogP contribution in [0, 0.1) is 11.8 Å². The average Bonchev–Trinajstić information content (AvgIpc) is 3.02. The molecular weight excluding hydrogens is 336 g/mol. The van der Waals surface area contributed by atoms with E-state index in [-0.39, 0.29) is 28.1 Å². The highest BCUT2D eigenvalue weighted by atomic mass is 32.2. The van der Waals surface area contributed by atoms with Crippen molar-refractivity contribution in [1.29, 1.82) is 0 Å². The number of hydrogen-bond donors (Lipinski definition) is 3. The lowest BCUT2D eigenvalue weighted by Gasteiger charge is -2.46. The van der Waals surface area contributed by atoms with Gasteiger partial charge in [0.1, 0.15) is 5.70 Å². The Kier molecular flexibility index (Phi) is 4.70. The molecule has 0 aromatic rings. The molecule has 128 valence electrons. The molecule has 0 aromatic heterocycles. The molecule has 0 spiro atoms. The number of aliphatic hydroxyl groups is 1. The molecule has 0 aromatic carbocycles. The summed E-state index contributed by atoms with van der Waals surface area (Å²) >= 11 is 3.37. The molecule has 3 heterocycles. The Balaban J connectivity index is 1.83. The van der Waals surface area contributed by atoms with Crippen LogP contribution in [0.3, 0.4) is 0 Å². The first-order valence-corrected chi connectivity index (χ1v) is 9.69. The smallest absolute Gasteiger partial charge is 0.353 e. The number of carboxylic acids is 1. The number of carbonyl (C=O) groups excluding carboxylic acids is 1. The van der Waals surface area contributed by atoms with E-state index in [2.05, 4.69) is 0 Å². The van der Waals surface area contributed by atoms with Crippen molar-refractivity contribution < 1.29 is 19.8 Å². The summed E-state index contributed by atoms with van der Waals surface area (Å²) in [5.74, 6) is -1.88. The zero-order valence-electron chi connectivity index (χ0n) is 13.1. The van der Waals surface area contributed by atoms with Crippen LogP contribution in [0.5, 0.6) is 0 Å². The Morgan fingerprint density at radius 2 is 2.22 bits per heavy atom. The highest BCUT2D eigenvalue weighted by Gasteiger charge is 2.60. The average molecular weight is 358 g/mol. The van der Waals surface area contributed by atoms with Gasteiger partial charge in [0.25, 0.3) is 0 Å². The molecule has 0 radical (unpaired) electrons. The normalized spacial score (nSPS) is 37.8. The monoisotopic (exact) mass is 358 g/mol. The number of fused-ring (bicyclic) bond motifs is 1. The van der Waals surface area contributed by atoms with Gasteiger partial charge >= 0.3 is 5.97 Å². The second-order valence-corrected chi connectivity index (χ2v) is 9.44. The maximum Gasteiger partial charge on any atom is 0.353 e. The number of hydrogen-bond acceptors (Lipinski definition) is 6. The minimum absolute atomic E-state index is 0.0547. The van der Waals surface area contributed by atoms with Crippen LogP contribution in [0.15, 0.2) is 10.6 Å². The van der Waals surface area contributed by atoms with E-state index >= 15 is 0 Å². The predicted octanol–water partition coefficient (Wildman–Crippen LogP) is 1.05. The van der Waals surface area contributed by atoms with E-state index in [4.69, 9.17) is 5.73 Å². The number of carbonyl (C=O) groups is 2. The minimum Gasteiger partial charge on any atom is -0.477 e. The molecule has 0 saturated carbocycles. The molecule has 6 nitrogen and oxygen atoms in total. The lowest BCUT2D eigenvalue weighted by molar-refractivity contribution is -0.163. The quantitative estimate of drug-likeness (QED) is 0.631. The lowest BCUT2D eigenvalue weighted by atomic mass is 9.79. The molecule has 3 aliphatic heterocycles. The van der Waals surface area contributed by atoms with Gasteiger partial charge in [0.15, 0.2) is 0 Å². The maximum absolute atomic E-state index is 12.3. The number of rotatable bonds is 5. The number of amides is 1. The zero-order chi connectivity index (χ0) is 16.9. The molecule has 2 fully saturated rings. The third kappa shape index (κ3) is 2.69. The summed E-state index contributed by atoms with van der Waals surface area (Å²) in [6, 6.07) is -0.229. The van der Waals surface area contributed by atoms with Crippen LogP contribution >= 0.6 is 23.5 Å². The summed E-state index contributed by atoms with van der Waals surface area (Å²) in [5.41, 5.74) is 5.83.